The van der Waals surface area contributed by atoms with Gasteiger partial charge in [-0.15, -0.1) is 0 Å². The maximum atomic E-state index is 12.6. The first-order valence-corrected chi connectivity index (χ1v) is 6.97. The first kappa shape index (κ1) is 15.0. The highest BCUT2D eigenvalue weighted by atomic mass is 16.5. The van der Waals surface area contributed by atoms with Crippen molar-refractivity contribution in [3.05, 3.63) is 34.9 Å². The molecule has 1 heterocycles. The summed E-state index contributed by atoms with van der Waals surface area (Å²) in [6, 6.07) is 5.76. The number of ether oxygens (including phenoxy) is 1. The monoisotopic (exact) mass is 277 g/mol. The molecule has 1 aromatic rings. The van der Waals surface area contributed by atoms with Crippen LogP contribution < -0.4 is 0 Å². The van der Waals surface area contributed by atoms with Crippen molar-refractivity contribution in [1.29, 1.82) is 0 Å². The van der Waals surface area contributed by atoms with Crippen molar-refractivity contribution in [2.75, 3.05) is 19.7 Å². The van der Waals surface area contributed by atoms with E-state index < -0.39 is 5.60 Å². The Morgan fingerprint density at radius 3 is 2.70 bits per heavy atom. The lowest BCUT2D eigenvalue weighted by molar-refractivity contribution is -0.139. The molecular formula is C16H23NO3. The molecule has 1 N–H and O–H groups in total. The number of rotatable bonds is 2. The van der Waals surface area contributed by atoms with Crippen molar-refractivity contribution in [1.82, 2.24) is 4.90 Å². The van der Waals surface area contributed by atoms with E-state index in [-0.39, 0.29) is 18.6 Å². The molecule has 4 nitrogen and oxygen atoms in total. The smallest absolute Gasteiger partial charge is 0.254 e. The molecule has 1 aliphatic heterocycles. The van der Waals surface area contributed by atoms with Crippen molar-refractivity contribution in [2.24, 2.45) is 0 Å². The van der Waals surface area contributed by atoms with Crippen LogP contribution in [0.1, 0.15) is 35.3 Å². The van der Waals surface area contributed by atoms with Crippen molar-refractivity contribution >= 4 is 5.91 Å². The molecule has 0 aromatic heterocycles. The summed E-state index contributed by atoms with van der Waals surface area (Å²) in [5.41, 5.74) is 2.56. The third-order valence-corrected chi connectivity index (χ3v) is 3.73. The number of carbonyl (C=O) groups excluding carboxylic acids is 1. The lowest BCUT2D eigenvalue weighted by Gasteiger charge is -2.42. The van der Waals surface area contributed by atoms with Gasteiger partial charge in [0, 0.05) is 18.7 Å². The van der Waals surface area contributed by atoms with Gasteiger partial charge < -0.3 is 14.7 Å². The second-order valence-electron chi connectivity index (χ2n) is 6.17. The summed E-state index contributed by atoms with van der Waals surface area (Å²) in [6.45, 7) is 8.82. The van der Waals surface area contributed by atoms with Crippen molar-refractivity contribution in [2.45, 2.75) is 39.4 Å². The van der Waals surface area contributed by atoms with Gasteiger partial charge in [0.2, 0.25) is 0 Å². The molecule has 1 aliphatic rings. The van der Waals surface area contributed by atoms with Crippen molar-refractivity contribution in [3.8, 4) is 0 Å². The van der Waals surface area contributed by atoms with Gasteiger partial charge in [-0.1, -0.05) is 6.07 Å². The lowest BCUT2D eigenvalue weighted by atomic mass is 10.0. The minimum absolute atomic E-state index is 0.00271. The highest BCUT2D eigenvalue weighted by Crippen LogP contribution is 2.23. The molecule has 0 aliphatic carbocycles. The van der Waals surface area contributed by atoms with Gasteiger partial charge in [-0.05, 0) is 51.0 Å². The van der Waals surface area contributed by atoms with E-state index in [1.54, 1.807) is 4.90 Å². The third-order valence-electron chi connectivity index (χ3n) is 3.73. The second-order valence-corrected chi connectivity index (χ2v) is 6.17. The molecule has 110 valence electrons. The normalized spacial score (nSPS) is 21.9. The Morgan fingerprint density at radius 2 is 2.10 bits per heavy atom. The molecule has 1 aromatic carbocycles. The standard InChI is InChI=1S/C16H23NO3/c1-11-5-6-13(7-12(11)2)15(19)17-8-14(9-18)20-16(3,4)10-17/h5-7,14,18H,8-10H2,1-4H3. The van der Waals surface area contributed by atoms with Crippen LogP contribution in [0.5, 0.6) is 0 Å². The Morgan fingerprint density at radius 1 is 1.40 bits per heavy atom. The average molecular weight is 277 g/mol. The fourth-order valence-electron chi connectivity index (χ4n) is 2.60. The van der Waals surface area contributed by atoms with E-state index in [1.165, 1.54) is 5.56 Å². The Kier molecular flexibility index (Phi) is 4.16. The van der Waals surface area contributed by atoms with Crippen LogP contribution in [0.2, 0.25) is 0 Å². The van der Waals surface area contributed by atoms with E-state index >= 15 is 0 Å². The van der Waals surface area contributed by atoms with E-state index in [0.717, 1.165) is 5.56 Å². The predicted octanol–water partition coefficient (Wildman–Crippen LogP) is 1.92. The highest BCUT2D eigenvalue weighted by molar-refractivity contribution is 5.94. The topological polar surface area (TPSA) is 49.8 Å². The minimum atomic E-state index is -0.430. The summed E-state index contributed by atoms with van der Waals surface area (Å²) in [7, 11) is 0. The average Bonchev–Trinajstić information content (AvgIpc) is 2.39. The zero-order chi connectivity index (χ0) is 14.9. The van der Waals surface area contributed by atoms with Gasteiger partial charge in [-0.3, -0.25) is 4.79 Å². The van der Waals surface area contributed by atoms with Gasteiger partial charge in [-0.2, -0.15) is 0 Å². The van der Waals surface area contributed by atoms with Gasteiger partial charge in [0.05, 0.1) is 18.3 Å². The molecule has 4 heteroatoms. The number of nitrogens with zero attached hydrogens (tertiary/aromatic N) is 1. The van der Waals surface area contributed by atoms with Crippen LogP contribution in [-0.2, 0) is 4.74 Å². The quantitative estimate of drug-likeness (QED) is 0.898. The number of aryl methyl sites for hydroxylation is 2. The second kappa shape index (κ2) is 5.54. The molecule has 1 atom stereocenters. The maximum absolute atomic E-state index is 12.6. The number of hydrogen-bond acceptors (Lipinski definition) is 3. The Bertz CT molecular complexity index is 510. The molecular weight excluding hydrogens is 254 g/mol. The number of aliphatic hydroxyl groups excluding tert-OH is 1. The van der Waals surface area contributed by atoms with Crippen LogP contribution in [0.15, 0.2) is 18.2 Å². The number of amides is 1. The zero-order valence-electron chi connectivity index (χ0n) is 12.6. The number of aliphatic hydroxyl groups is 1. The summed E-state index contributed by atoms with van der Waals surface area (Å²) >= 11 is 0. The van der Waals surface area contributed by atoms with Crippen LogP contribution in [0.25, 0.3) is 0 Å². The molecule has 1 saturated heterocycles. The summed E-state index contributed by atoms with van der Waals surface area (Å²) in [5.74, 6) is 0.00271. The fraction of sp³-hybridized carbons (Fsp3) is 0.562. The maximum Gasteiger partial charge on any atom is 0.254 e. The highest BCUT2D eigenvalue weighted by Gasteiger charge is 2.35. The first-order valence-electron chi connectivity index (χ1n) is 6.97. The molecule has 0 bridgehead atoms. The third kappa shape index (κ3) is 3.19. The van der Waals surface area contributed by atoms with E-state index in [9.17, 15) is 9.90 Å². The SMILES string of the molecule is Cc1ccc(C(=O)N2CC(CO)OC(C)(C)C2)cc1C. The number of carbonyl (C=O) groups is 1. The van der Waals surface area contributed by atoms with E-state index in [2.05, 4.69) is 0 Å². The van der Waals surface area contributed by atoms with Crippen LogP contribution in [-0.4, -0.2) is 47.3 Å². The lowest BCUT2D eigenvalue weighted by Crippen LogP contribution is -2.55. The molecule has 1 fully saturated rings. The molecule has 2 rings (SSSR count). The predicted molar refractivity (Wildman–Crippen MR) is 77.9 cm³/mol. The van der Waals surface area contributed by atoms with Gasteiger partial charge in [0.15, 0.2) is 0 Å². The van der Waals surface area contributed by atoms with Gasteiger partial charge in [0.25, 0.3) is 5.91 Å². The Hall–Kier alpha value is -1.39. The van der Waals surface area contributed by atoms with Crippen LogP contribution in [0.4, 0.5) is 0 Å². The number of benzene rings is 1. The van der Waals surface area contributed by atoms with Gasteiger partial charge in [0.1, 0.15) is 0 Å². The van der Waals surface area contributed by atoms with Gasteiger partial charge in [-0.25, -0.2) is 0 Å². The Balaban J connectivity index is 2.21. The zero-order valence-corrected chi connectivity index (χ0v) is 12.6. The summed E-state index contributed by atoms with van der Waals surface area (Å²) in [5, 5.41) is 9.31. The number of hydrogen-bond donors (Lipinski definition) is 1. The van der Waals surface area contributed by atoms with Crippen LogP contribution in [0, 0.1) is 13.8 Å². The van der Waals surface area contributed by atoms with Crippen molar-refractivity contribution in [3.63, 3.8) is 0 Å². The summed E-state index contributed by atoms with van der Waals surface area (Å²) < 4.78 is 5.74. The molecule has 1 amide bonds. The van der Waals surface area contributed by atoms with E-state index in [0.29, 0.717) is 18.7 Å². The van der Waals surface area contributed by atoms with Gasteiger partial charge >= 0.3 is 0 Å². The largest absolute Gasteiger partial charge is 0.394 e. The number of morpholine rings is 1. The van der Waals surface area contributed by atoms with E-state index in [4.69, 9.17) is 4.74 Å². The first-order chi connectivity index (χ1) is 9.32. The molecule has 0 saturated carbocycles. The summed E-state index contributed by atoms with van der Waals surface area (Å²) in [6.07, 6.45) is -0.311. The van der Waals surface area contributed by atoms with Crippen LogP contribution in [0.3, 0.4) is 0 Å². The molecule has 0 radical (unpaired) electrons. The molecule has 0 spiro atoms. The molecule has 1 unspecified atom stereocenters. The fourth-order valence-corrected chi connectivity index (χ4v) is 2.60. The summed E-state index contributed by atoms with van der Waals surface area (Å²) in [4.78, 5) is 14.4. The van der Waals surface area contributed by atoms with Crippen LogP contribution >= 0.6 is 0 Å². The minimum Gasteiger partial charge on any atom is -0.394 e. The van der Waals surface area contributed by atoms with Crippen molar-refractivity contribution < 1.29 is 14.6 Å². The van der Waals surface area contributed by atoms with E-state index in [1.807, 2.05) is 45.9 Å². The Labute approximate surface area is 120 Å². The molecule has 20 heavy (non-hydrogen) atoms.